The second kappa shape index (κ2) is 4.34. The van der Waals surface area contributed by atoms with Crippen LogP contribution in [-0.2, 0) is 0 Å². The number of nitrogens with zero attached hydrogens (tertiary/aromatic N) is 1. The number of nitriles is 1. The highest BCUT2D eigenvalue weighted by Gasteiger charge is 2.16. The number of rotatable bonds is 2. The van der Waals surface area contributed by atoms with Crippen molar-refractivity contribution in [2.45, 2.75) is 6.92 Å². The van der Waals surface area contributed by atoms with E-state index in [0.717, 1.165) is 0 Å². The Morgan fingerprint density at radius 2 is 2.29 bits per heavy atom. The van der Waals surface area contributed by atoms with E-state index in [-0.39, 0.29) is 22.2 Å². The maximum absolute atomic E-state index is 13.5. The molecular weight excluding hydrogens is 249 g/mol. The summed E-state index contributed by atoms with van der Waals surface area (Å²) in [5.74, 6) is -1.07. The molecule has 1 aromatic rings. The van der Waals surface area contributed by atoms with Gasteiger partial charge < -0.3 is 0 Å². The van der Waals surface area contributed by atoms with Gasteiger partial charge >= 0.3 is 0 Å². The van der Waals surface area contributed by atoms with Crippen LogP contribution in [-0.4, -0.2) is 11.1 Å². The van der Waals surface area contributed by atoms with Gasteiger partial charge in [-0.15, -0.1) is 0 Å². The van der Waals surface area contributed by atoms with Crippen molar-refractivity contribution in [3.63, 3.8) is 0 Å². The summed E-state index contributed by atoms with van der Waals surface area (Å²) in [5.41, 5.74) is 0.451. The summed E-state index contributed by atoms with van der Waals surface area (Å²) in [6.45, 7) is 1.64. The maximum Gasteiger partial charge on any atom is 0.176 e. The molecule has 0 aliphatic carbocycles. The SMILES string of the molecule is Cc1ccc(C#N)c(F)c1C(=O)CBr. The van der Waals surface area contributed by atoms with E-state index in [2.05, 4.69) is 15.9 Å². The van der Waals surface area contributed by atoms with Gasteiger partial charge in [0.2, 0.25) is 0 Å². The van der Waals surface area contributed by atoms with Crippen molar-refractivity contribution >= 4 is 21.7 Å². The molecule has 0 heterocycles. The predicted molar refractivity (Wildman–Crippen MR) is 54.0 cm³/mol. The van der Waals surface area contributed by atoms with Crippen molar-refractivity contribution in [3.05, 3.63) is 34.6 Å². The zero-order chi connectivity index (χ0) is 10.7. The standard InChI is InChI=1S/C10H7BrFNO/c1-6-2-3-7(5-13)10(12)9(6)8(14)4-11/h2-3H,4H2,1H3. The zero-order valence-electron chi connectivity index (χ0n) is 7.47. The number of hydrogen-bond donors (Lipinski definition) is 0. The number of carbonyl (C=O) groups is 1. The molecule has 0 fully saturated rings. The molecule has 0 aliphatic heterocycles. The van der Waals surface area contributed by atoms with Crippen molar-refractivity contribution in [1.29, 1.82) is 5.26 Å². The Bertz CT molecular complexity index is 423. The summed E-state index contributed by atoms with van der Waals surface area (Å²) in [7, 11) is 0. The Morgan fingerprint density at radius 1 is 1.64 bits per heavy atom. The van der Waals surface area contributed by atoms with Crippen molar-refractivity contribution in [2.75, 3.05) is 5.33 Å². The molecule has 0 spiro atoms. The molecule has 0 radical (unpaired) electrons. The quantitative estimate of drug-likeness (QED) is 0.602. The number of halogens is 2. The molecule has 1 aromatic carbocycles. The molecular formula is C10H7BrFNO. The summed E-state index contributed by atoms with van der Waals surface area (Å²) < 4.78 is 13.5. The van der Waals surface area contributed by atoms with Crippen LogP contribution in [0, 0.1) is 24.1 Å². The van der Waals surface area contributed by atoms with Crippen LogP contribution < -0.4 is 0 Å². The van der Waals surface area contributed by atoms with Gasteiger partial charge in [-0.3, -0.25) is 4.79 Å². The lowest BCUT2D eigenvalue weighted by molar-refractivity contribution is 0.101. The van der Waals surface area contributed by atoms with Crippen LogP contribution in [0.1, 0.15) is 21.5 Å². The lowest BCUT2D eigenvalue weighted by Crippen LogP contribution is -2.07. The lowest BCUT2D eigenvalue weighted by Gasteiger charge is -2.05. The summed E-state index contributed by atoms with van der Waals surface area (Å²) in [5, 5.41) is 8.63. The summed E-state index contributed by atoms with van der Waals surface area (Å²) >= 11 is 2.97. The minimum absolute atomic E-state index is 0.000856. The average molecular weight is 256 g/mol. The fraction of sp³-hybridized carbons (Fsp3) is 0.200. The molecule has 4 heteroatoms. The van der Waals surface area contributed by atoms with E-state index < -0.39 is 5.82 Å². The van der Waals surface area contributed by atoms with Crippen LogP contribution in [0.15, 0.2) is 12.1 Å². The Balaban J connectivity index is 3.42. The highest BCUT2D eigenvalue weighted by molar-refractivity contribution is 9.09. The Kier molecular flexibility index (Phi) is 3.37. The number of aryl methyl sites for hydroxylation is 1. The molecule has 0 amide bonds. The molecule has 0 bridgehead atoms. The monoisotopic (exact) mass is 255 g/mol. The second-order valence-corrected chi connectivity index (χ2v) is 3.35. The fourth-order valence-electron chi connectivity index (χ4n) is 1.17. The van der Waals surface area contributed by atoms with E-state index in [1.807, 2.05) is 0 Å². The van der Waals surface area contributed by atoms with Gasteiger partial charge in [0.1, 0.15) is 6.07 Å². The number of alkyl halides is 1. The second-order valence-electron chi connectivity index (χ2n) is 2.79. The molecule has 0 aromatic heterocycles. The van der Waals surface area contributed by atoms with Gasteiger partial charge in [0, 0.05) is 0 Å². The molecule has 72 valence electrons. The average Bonchev–Trinajstić information content (AvgIpc) is 2.18. The Hall–Kier alpha value is -1.21. The van der Waals surface area contributed by atoms with Gasteiger partial charge in [-0.1, -0.05) is 22.0 Å². The van der Waals surface area contributed by atoms with Crippen LogP contribution in [0.5, 0.6) is 0 Å². The molecule has 0 aliphatic rings. The molecule has 0 saturated heterocycles. The number of carbonyl (C=O) groups excluding carboxylic acids is 1. The molecule has 0 N–H and O–H groups in total. The van der Waals surface area contributed by atoms with Crippen LogP contribution in [0.4, 0.5) is 4.39 Å². The van der Waals surface area contributed by atoms with E-state index in [9.17, 15) is 9.18 Å². The van der Waals surface area contributed by atoms with Gasteiger partial charge in [-0.25, -0.2) is 4.39 Å². The van der Waals surface area contributed by atoms with Crippen molar-refractivity contribution < 1.29 is 9.18 Å². The van der Waals surface area contributed by atoms with Gasteiger partial charge in [-0.2, -0.15) is 5.26 Å². The van der Waals surface area contributed by atoms with Gasteiger partial charge in [0.05, 0.1) is 16.5 Å². The molecule has 0 saturated carbocycles. The van der Waals surface area contributed by atoms with Crippen molar-refractivity contribution in [2.24, 2.45) is 0 Å². The van der Waals surface area contributed by atoms with Gasteiger partial charge in [0.15, 0.2) is 11.6 Å². The largest absolute Gasteiger partial charge is 0.293 e. The number of benzene rings is 1. The normalized spacial score (nSPS) is 9.57. The van der Waals surface area contributed by atoms with E-state index in [0.29, 0.717) is 5.56 Å². The van der Waals surface area contributed by atoms with E-state index in [4.69, 9.17) is 5.26 Å². The molecule has 2 nitrogen and oxygen atoms in total. The first-order valence-corrected chi connectivity index (χ1v) is 5.02. The highest BCUT2D eigenvalue weighted by atomic mass is 79.9. The van der Waals surface area contributed by atoms with Gasteiger partial charge in [0.25, 0.3) is 0 Å². The fourth-order valence-corrected chi connectivity index (χ4v) is 1.45. The smallest absolute Gasteiger partial charge is 0.176 e. The van der Waals surface area contributed by atoms with Crippen molar-refractivity contribution in [3.8, 4) is 6.07 Å². The van der Waals surface area contributed by atoms with Crippen LogP contribution in [0.3, 0.4) is 0 Å². The minimum atomic E-state index is -0.725. The first-order valence-electron chi connectivity index (χ1n) is 3.90. The number of Topliss-reactive ketones (excluding diaryl/α,β-unsaturated/α-hetero) is 1. The minimum Gasteiger partial charge on any atom is -0.293 e. The highest BCUT2D eigenvalue weighted by Crippen LogP contribution is 2.18. The summed E-state index contributed by atoms with van der Waals surface area (Å²) in [4.78, 5) is 11.3. The summed E-state index contributed by atoms with van der Waals surface area (Å²) in [6.07, 6.45) is 0. The van der Waals surface area contributed by atoms with E-state index >= 15 is 0 Å². The third kappa shape index (κ3) is 1.83. The van der Waals surface area contributed by atoms with Crippen LogP contribution in [0.2, 0.25) is 0 Å². The Labute approximate surface area is 89.5 Å². The summed E-state index contributed by atoms with van der Waals surface area (Å²) in [6, 6.07) is 4.64. The van der Waals surface area contributed by atoms with E-state index in [1.54, 1.807) is 19.1 Å². The third-order valence-electron chi connectivity index (χ3n) is 1.87. The zero-order valence-corrected chi connectivity index (χ0v) is 9.06. The van der Waals surface area contributed by atoms with E-state index in [1.165, 1.54) is 6.07 Å². The van der Waals surface area contributed by atoms with Gasteiger partial charge in [-0.05, 0) is 18.6 Å². The van der Waals surface area contributed by atoms with Crippen LogP contribution in [0.25, 0.3) is 0 Å². The predicted octanol–water partition coefficient (Wildman–Crippen LogP) is 2.58. The molecule has 1 rings (SSSR count). The first-order chi connectivity index (χ1) is 6.61. The molecule has 0 unspecified atom stereocenters. The molecule has 14 heavy (non-hydrogen) atoms. The maximum atomic E-state index is 13.5. The molecule has 0 atom stereocenters. The number of ketones is 1. The van der Waals surface area contributed by atoms with Crippen molar-refractivity contribution in [1.82, 2.24) is 0 Å². The first kappa shape index (κ1) is 10.9. The third-order valence-corrected chi connectivity index (χ3v) is 2.38. The topological polar surface area (TPSA) is 40.9 Å². The Morgan fingerprint density at radius 3 is 2.79 bits per heavy atom. The van der Waals surface area contributed by atoms with Crippen LogP contribution >= 0.6 is 15.9 Å². The number of hydrogen-bond acceptors (Lipinski definition) is 2. The lowest BCUT2D eigenvalue weighted by atomic mass is 10.0.